The number of halogens is 3. The third-order valence-corrected chi connectivity index (χ3v) is 2.82. The van der Waals surface area contributed by atoms with Crippen LogP contribution >= 0.6 is 0 Å². The minimum absolute atomic E-state index is 0.0609. The van der Waals surface area contributed by atoms with Crippen LogP contribution in [-0.2, 0) is 11.3 Å². The standard InChI is InChI=1S/C12H20F3N3O/c1-8(16)11-9(2)17-18(10(11)3)5-4-6-19-7-12(13,14)15/h8H,4-7,16H2,1-3H3. The summed E-state index contributed by atoms with van der Waals surface area (Å²) in [6.07, 6.45) is -3.78. The molecular weight excluding hydrogens is 259 g/mol. The van der Waals surface area contributed by atoms with Gasteiger partial charge in [-0.05, 0) is 27.2 Å². The van der Waals surface area contributed by atoms with Gasteiger partial charge < -0.3 is 10.5 Å². The Morgan fingerprint density at radius 2 is 2.00 bits per heavy atom. The van der Waals surface area contributed by atoms with E-state index in [0.29, 0.717) is 13.0 Å². The molecule has 4 nitrogen and oxygen atoms in total. The van der Waals surface area contributed by atoms with Crippen molar-refractivity contribution in [2.75, 3.05) is 13.2 Å². The molecule has 0 spiro atoms. The monoisotopic (exact) mass is 279 g/mol. The molecule has 0 fully saturated rings. The zero-order chi connectivity index (χ0) is 14.6. The van der Waals surface area contributed by atoms with Crippen LogP contribution in [0.1, 0.15) is 36.3 Å². The Balaban J connectivity index is 2.44. The van der Waals surface area contributed by atoms with E-state index in [2.05, 4.69) is 9.84 Å². The number of hydrogen-bond acceptors (Lipinski definition) is 3. The minimum atomic E-state index is -4.26. The van der Waals surface area contributed by atoms with E-state index < -0.39 is 12.8 Å². The van der Waals surface area contributed by atoms with Crippen LogP contribution in [0.2, 0.25) is 0 Å². The predicted octanol–water partition coefficient (Wildman–Crippen LogP) is 2.49. The van der Waals surface area contributed by atoms with E-state index in [-0.39, 0.29) is 12.6 Å². The topological polar surface area (TPSA) is 53.1 Å². The van der Waals surface area contributed by atoms with Crippen molar-refractivity contribution >= 4 is 0 Å². The summed E-state index contributed by atoms with van der Waals surface area (Å²) in [6, 6.07) is -0.102. The van der Waals surface area contributed by atoms with E-state index in [1.807, 2.05) is 20.8 Å². The summed E-state index contributed by atoms with van der Waals surface area (Å²) in [5.41, 5.74) is 8.67. The van der Waals surface area contributed by atoms with Crippen LogP contribution in [0, 0.1) is 13.8 Å². The number of nitrogens with two attached hydrogens (primary N) is 1. The van der Waals surface area contributed by atoms with E-state index in [1.165, 1.54) is 0 Å². The molecule has 1 aromatic rings. The Kier molecular flexibility index (Phi) is 5.37. The average molecular weight is 279 g/mol. The fraction of sp³-hybridized carbons (Fsp3) is 0.750. The lowest BCUT2D eigenvalue weighted by Gasteiger charge is -2.09. The first kappa shape index (κ1) is 16.0. The SMILES string of the molecule is Cc1nn(CCCOCC(F)(F)F)c(C)c1C(C)N. The van der Waals surface area contributed by atoms with E-state index in [9.17, 15) is 13.2 Å². The van der Waals surface area contributed by atoms with Crippen LogP contribution in [0.3, 0.4) is 0 Å². The molecule has 0 aromatic carbocycles. The van der Waals surface area contributed by atoms with E-state index in [0.717, 1.165) is 17.0 Å². The summed E-state index contributed by atoms with van der Waals surface area (Å²) in [6.45, 7) is 5.06. The minimum Gasteiger partial charge on any atom is -0.372 e. The van der Waals surface area contributed by atoms with Crippen LogP contribution in [-0.4, -0.2) is 29.2 Å². The van der Waals surface area contributed by atoms with Crippen LogP contribution in [0.15, 0.2) is 0 Å². The van der Waals surface area contributed by atoms with Crippen LogP contribution in [0.4, 0.5) is 13.2 Å². The number of aryl methyl sites for hydroxylation is 2. The fourth-order valence-corrected chi connectivity index (χ4v) is 2.09. The van der Waals surface area contributed by atoms with Gasteiger partial charge in [-0.1, -0.05) is 0 Å². The lowest BCUT2D eigenvalue weighted by molar-refractivity contribution is -0.174. The van der Waals surface area contributed by atoms with E-state index >= 15 is 0 Å². The fourth-order valence-electron chi connectivity index (χ4n) is 2.09. The summed E-state index contributed by atoms with van der Waals surface area (Å²) >= 11 is 0. The molecule has 0 radical (unpaired) electrons. The maximum Gasteiger partial charge on any atom is 0.411 e. The summed E-state index contributed by atoms with van der Waals surface area (Å²) in [5.74, 6) is 0. The van der Waals surface area contributed by atoms with Gasteiger partial charge in [0, 0.05) is 30.5 Å². The Morgan fingerprint density at radius 3 is 2.47 bits per heavy atom. The molecular formula is C12H20F3N3O. The molecule has 19 heavy (non-hydrogen) atoms. The highest BCUT2D eigenvalue weighted by Crippen LogP contribution is 2.19. The molecule has 2 N–H and O–H groups in total. The van der Waals surface area contributed by atoms with Gasteiger partial charge in [-0.15, -0.1) is 0 Å². The highest BCUT2D eigenvalue weighted by Gasteiger charge is 2.27. The van der Waals surface area contributed by atoms with Crippen molar-refractivity contribution in [1.82, 2.24) is 9.78 Å². The third-order valence-electron chi connectivity index (χ3n) is 2.82. The van der Waals surface area contributed by atoms with Crippen LogP contribution in [0.5, 0.6) is 0 Å². The summed E-state index contributed by atoms with van der Waals surface area (Å²) in [7, 11) is 0. The molecule has 0 saturated heterocycles. The second-order valence-corrected chi connectivity index (χ2v) is 4.62. The van der Waals surface area contributed by atoms with E-state index in [4.69, 9.17) is 5.73 Å². The van der Waals surface area contributed by atoms with Gasteiger partial charge in [0.2, 0.25) is 0 Å². The number of ether oxygens (including phenoxy) is 1. The zero-order valence-electron chi connectivity index (χ0n) is 11.4. The molecule has 110 valence electrons. The molecule has 0 bridgehead atoms. The predicted molar refractivity (Wildman–Crippen MR) is 65.8 cm³/mol. The first-order valence-corrected chi connectivity index (χ1v) is 6.16. The second kappa shape index (κ2) is 6.38. The van der Waals surface area contributed by atoms with Gasteiger partial charge in [0.25, 0.3) is 0 Å². The van der Waals surface area contributed by atoms with Crippen molar-refractivity contribution in [3.05, 3.63) is 17.0 Å². The average Bonchev–Trinajstić information content (AvgIpc) is 2.51. The molecule has 0 saturated carbocycles. The molecule has 1 rings (SSSR count). The quantitative estimate of drug-likeness (QED) is 0.814. The van der Waals surface area contributed by atoms with Gasteiger partial charge >= 0.3 is 6.18 Å². The first-order chi connectivity index (χ1) is 8.72. The number of aromatic nitrogens is 2. The lowest BCUT2D eigenvalue weighted by Crippen LogP contribution is -2.18. The highest BCUT2D eigenvalue weighted by molar-refractivity contribution is 5.27. The molecule has 0 amide bonds. The Hall–Kier alpha value is -1.08. The van der Waals surface area contributed by atoms with Crippen LogP contribution < -0.4 is 5.73 Å². The summed E-state index contributed by atoms with van der Waals surface area (Å²) < 4.78 is 41.9. The van der Waals surface area contributed by atoms with Crippen molar-refractivity contribution in [2.24, 2.45) is 5.73 Å². The van der Waals surface area contributed by atoms with Crippen molar-refractivity contribution in [2.45, 2.75) is 46.0 Å². The number of rotatable bonds is 6. The summed E-state index contributed by atoms with van der Waals surface area (Å²) in [5, 5.41) is 4.34. The highest BCUT2D eigenvalue weighted by atomic mass is 19.4. The second-order valence-electron chi connectivity index (χ2n) is 4.62. The van der Waals surface area contributed by atoms with Gasteiger partial charge in [-0.25, -0.2) is 0 Å². The Bertz CT molecular complexity index is 413. The maximum atomic E-state index is 11.9. The third kappa shape index (κ3) is 4.83. The molecule has 1 atom stereocenters. The van der Waals surface area contributed by atoms with Crippen molar-refractivity contribution in [3.63, 3.8) is 0 Å². The number of nitrogens with zero attached hydrogens (tertiary/aromatic N) is 2. The van der Waals surface area contributed by atoms with Crippen molar-refractivity contribution in [1.29, 1.82) is 0 Å². The normalized spacial score (nSPS) is 13.8. The van der Waals surface area contributed by atoms with Gasteiger partial charge in [-0.2, -0.15) is 18.3 Å². The number of hydrogen-bond donors (Lipinski definition) is 1. The Morgan fingerprint density at radius 1 is 1.37 bits per heavy atom. The molecule has 0 aliphatic heterocycles. The molecule has 1 heterocycles. The van der Waals surface area contributed by atoms with Crippen molar-refractivity contribution < 1.29 is 17.9 Å². The summed E-state index contributed by atoms with van der Waals surface area (Å²) in [4.78, 5) is 0. The number of alkyl halides is 3. The molecule has 1 aromatic heterocycles. The lowest BCUT2D eigenvalue weighted by atomic mass is 10.1. The zero-order valence-corrected chi connectivity index (χ0v) is 11.4. The smallest absolute Gasteiger partial charge is 0.372 e. The van der Waals surface area contributed by atoms with Gasteiger partial charge in [-0.3, -0.25) is 4.68 Å². The maximum absolute atomic E-state index is 11.9. The van der Waals surface area contributed by atoms with E-state index in [1.54, 1.807) is 4.68 Å². The van der Waals surface area contributed by atoms with Crippen LogP contribution in [0.25, 0.3) is 0 Å². The van der Waals surface area contributed by atoms with Crippen molar-refractivity contribution in [3.8, 4) is 0 Å². The van der Waals surface area contributed by atoms with Gasteiger partial charge in [0.05, 0.1) is 5.69 Å². The molecule has 1 unspecified atom stereocenters. The van der Waals surface area contributed by atoms with Gasteiger partial charge in [0.15, 0.2) is 0 Å². The Labute approximate surface area is 110 Å². The van der Waals surface area contributed by atoms with Gasteiger partial charge in [0.1, 0.15) is 6.61 Å². The first-order valence-electron chi connectivity index (χ1n) is 6.16. The largest absolute Gasteiger partial charge is 0.411 e. The molecule has 0 aliphatic rings. The molecule has 0 aliphatic carbocycles. The molecule has 7 heteroatoms.